The summed E-state index contributed by atoms with van der Waals surface area (Å²) in [7, 11) is 1.74. The maximum atomic E-state index is 5.03. The minimum absolute atomic E-state index is 0.635. The molecule has 0 aliphatic heterocycles. The molecule has 0 radical (unpaired) electrons. The normalized spacial score (nSPS) is 12.8. The van der Waals surface area contributed by atoms with Crippen LogP contribution >= 0.6 is 0 Å². The minimum atomic E-state index is 0.635. The van der Waals surface area contributed by atoms with Crippen LogP contribution in [0.15, 0.2) is 11.6 Å². The van der Waals surface area contributed by atoms with Crippen LogP contribution in [0, 0.1) is 11.8 Å². The third-order valence-electron chi connectivity index (χ3n) is 3.05. The van der Waals surface area contributed by atoms with Gasteiger partial charge >= 0.3 is 0 Å². The molecule has 0 aliphatic rings. The SMILES string of the molecule is CCC(C=C(CNCCOC)C(C)C)CC. The Morgan fingerprint density at radius 1 is 1.25 bits per heavy atom. The second-order valence-electron chi connectivity index (χ2n) is 4.64. The molecule has 0 aliphatic carbocycles. The molecular weight excluding hydrogens is 198 g/mol. The third-order valence-corrected chi connectivity index (χ3v) is 3.05. The van der Waals surface area contributed by atoms with Gasteiger partial charge in [-0.2, -0.15) is 0 Å². The number of hydrogen-bond donors (Lipinski definition) is 1. The van der Waals surface area contributed by atoms with Crippen molar-refractivity contribution < 1.29 is 4.74 Å². The van der Waals surface area contributed by atoms with Crippen LogP contribution in [0.25, 0.3) is 0 Å². The van der Waals surface area contributed by atoms with Crippen molar-refractivity contribution in [2.24, 2.45) is 11.8 Å². The average molecular weight is 227 g/mol. The fraction of sp³-hybridized carbons (Fsp3) is 0.857. The zero-order valence-corrected chi connectivity index (χ0v) is 11.7. The van der Waals surface area contributed by atoms with Gasteiger partial charge in [0.15, 0.2) is 0 Å². The van der Waals surface area contributed by atoms with Crippen LogP contribution < -0.4 is 5.32 Å². The molecule has 0 saturated carbocycles. The lowest BCUT2D eigenvalue weighted by Gasteiger charge is -2.16. The highest BCUT2D eigenvalue weighted by molar-refractivity contribution is 5.08. The molecule has 0 rings (SSSR count). The van der Waals surface area contributed by atoms with Crippen molar-refractivity contribution >= 4 is 0 Å². The van der Waals surface area contributed by atoms with E-state index in [2.05, 4.69) is 39.1 Å². The molecule has 0 aromatic rings. The molecule has 2 heteroatoms. The van der Waals surface area contributed by atoms with Crippen molar-refractivity contribution in [1.82, 2.24) is 5.32 Å². The fourth-order valence-corrected chi connectivity index (χ4v) is 1.69. The Kier molecular flexibility index (Phi) is 9.65. The number of allylic oxidation sites excluding steroid dienone is 1. The van der Waals surface area contributed by atoms with Gasteiger partial charge in [-0.25, -0.2) is 0 Å². The van der Waals surface area contributed by atoms with Crippen LogP contribution in [0.3, 0.4) is 0 Å². The zero-order valence-electron chi connectivity index (χ0n) is 11.7. The van der Waals surface area contributed by atoms with Crippen LogP contribution in [-0.2, 0) is 4.74 Å². The van der Waals surface area contributed by atoms with Gasteiger partial charge in [0.25, 0.3) is 0 Å². The van der Waals surface area contributed by atoms with E-state index in [-0.39, 0.29) is 0 Å². The average Bonchev–Trinajstić information content (AvgIpc) is 2.28. The van der Waals surface area contributed by atoms with Gasteiger partial charge in [-0.1, -0.05) is 39.3 Å². The van der Waals surface area contributed by atoms with Gasteiger partial charge in [0.05, 0.1) is 6.61 Å². The molecule has 0 amide bonds. The van der Waals surface area contributed by atoms with Crippen LogP contribution in [0.4, 0.5) is 0 Å². The smallest absolute Gasteiger partial charge is 0.0587 e. The van der Waals surface area contributed by atoms with Gasteiger partial charge in [0, 0.05) is 20.2 Å². The van der Waals surface area contributed by atoms with E-state index in [1.165, 1.54) is 18.4 Å². The second kappa shape index (κ2) is 9.86. The molecule has 2 nitrogen and oxygen atoms in total. The summed E-state index contributed by atoms with van der Waals surface area (Å²) in [5.74, 6) is 1.37. The Morgan fingerprint density at radius 2 is 1.88 bits per heavy atom. The molecular formula is C14H29NO. The topological polar surface area (TPSA) is 21.3 Å². The monoisotopic (exact) mass is 227 g/mol. The predicted molar refractivity (Wildman–Crippen MR) is 71.7 cm³/mol. The van der Waals surface area contributed by atoms with Crippen molar-refractivity contribution in [1.29, 1.82) is 0 Å². The molecule has 96 valence electrons. The molecule has 0 aromatic heterocycles. The molecule has 0 spiro atoms. The lowest BCUT2D eigenvalue weighted by molar-refractivity contribution is 0.200. The van der Waals surface area contributed by atoms with E-state index in [0.717, 1.165) is 25.6 Å². The first-order valence-electron chi connectivity index (χ1n) is 6.55. The van der Waals surface area contributed by atoms with Crippen LogP contribution in [-0.4, -0.2) is 26.8 Å². The second-order valence-corrected chi connectivity index (χ2v) is 4.64. The molecule has 16 heavy (non-hydrogen) atoms. The molecule has 0 atom stereocenters. The standard InChI is InChI=1S/C14H29NO/c1-6-13(7-2)10-14(12(3)4)11-15-8-9-16-5/h10,12-13,15H,6-9,11H2,1-5H3. The number of methoxy groups -OCH3 is 1. The summed E-state index contributed by atoms with van der Waals surface area (Å²) in [6, 6.07) is 0. The fourth-order valence-electron chi connectivity index (χ4n) is 1.69. The lowest BCUT2D eigenvalue weighted by Crippen LogP contribution is -2.23. The first-order valence-corrected chi connectivity index (χ1v) is 6.55. The molecule has 0 aromatic carbocycles. The first-order chi connectivity index (χ1) is 7.65. The Bertz CT molecular complexity index is 183. The van der Waals surface area contributed by atoms with Gasteiger partial charge in [-0.15, -0.1) is 0 Å². The predicted octanol–water partition coefficient (Wildman–Crippen LogP) is 3.24. The van der Waals surface area contributed by atoms with E-state index in [4.69, 9.17) is 4.74 Å². The Morgan fingerprint density at radius 3 is 2.31 bits per heavy atom. The minimum Gasteiger partial charge on any atom is -0.383 e. The molecule has 0 saturated heterocycles. The Balaban J connectivity index is 4.15. The zero-order chi connectivity index (χ0) is 12.4. The van der Waals surface area contributed by atoms with Gasteiger partial charge in [-0.05, 0) is 24.7 Å². The van der Waals surface area contributed by atoms with Gasteiger partial charge in [0.2, 0.25) is 0 Å². The molecule has 1 N–H and O–H groups in total. The number of hydrogen-bond acceptors (Lipinski definition) is 2. The maximum absolute atomic E-state index is 5.03. The van der Waals surface area contributed by atoms with Crippen molar-refractivity contribution in [2.75, 3.05) is 26.8 Å². The summed E-state index contributed by atoms with van der Waals surface area (Å²) in [6.07, 6.45) is 4.94. The van der Waals surface area contributed by atoms with Crippen LogP contribution in [0.5, 0.6) is 0 Å². The summed E-state index contributed by atoms with van der Waals surface area (Å²) in [5, 5.41) is 3.43. The molecule has 0 unspecified atom stereocenters. The van der Waals surface area contributed by atoms with Crippen molar-refractivity contribution in [3.63, 3.8) is 0 Å². The van der Waals surface area contributed by atoms with Gasteiger partial charge < -0.3 is 10.1 Å². The highest BCUT2D eigenvalue weighted by Crippen LogP contribution is 2.16. The highest BCUT2D eigenvalue weighted by Gasteiger charge is 2.06. The summed E-state index contributed by atoms with van der Waals surface area (Å²) in [4.78, 5) is 0. The van der Waals surface area contributed by atoms with Crippen molar-refractivity contribution in [3.8, 4) is 0 Å². The van der Waals surface area contributed by atoms with Crippen molar-refractivity contribution in [2.45, 2.75) is 40.5 Å². The van der Waals surface area contributed by atoms with E-state index in [1.807, 2.05) is 0 Å². The quantitative estimate of drug-likeness (QED) is 0.482. The summed E-state index contributed by atoms with van der Waals surface area (Å²) < 4.78 is 5.03. The number of ether oxygens (including phenoxy) is 1. The summed E-state index contributed by atoms with van der Waals surface area (Å²) >= 11 is 0. The lowest BCUT2D eigenvalue weighted by atomic mass is 9.94. The van der Waals surface area contributed by atoms with Gasteiger partial charge in [-0.3, -0.25) is 0 Å². The Hall–Kier alpha value is -0.340. The van der Waals surface area contributed by atoms with E-state index >= 15 is 0 Å². The molecule has 0 fully saturated rings. The first kappa shape index (κ1) is 15.7. The number of nitrogens with one attached hydrogen (secondary N) is 1. The van der Waals surface area contributed by atoms with Crippen LogP contribution in [0.1, 0.15) is 40.5 Å². The third kappa shape index (κ3) is 7.02. The maximum Gasteiger partial charge on any atom is 0.0587 e. The largest absolute Gasteiger partial charge is 0.383 e. The van der Waals surface area contributed by atoms with E-state index < -0.39 is 0 Å². The van der Waals surface area contributed by atoms with Crippen molar-refractivity contribution in [3.05, 3.63) is 11.6 Å². The summed E-state index contributed by atoms with van der Waals surface area (Å²) in [5.41, 5.74) is 1.53. The van der Waals surface area contributed by atoms with Gasteiger partial charge in [0.1, 0.15) is 0 Å². The summed E-state index contributed by atoms with van der Waals surface area (Å²) in [6.45, 7) is 11.8. The molecule has 0 bridgehead atoms. The van der Waals surface area contributed by atoms with Crippen LogP contribution in [0.2, 0.25) is 0 Å². The van der Waals surface area contributed by atoms with E-state index in [0.29, 0.717) is 5.92 Å². The van der Waals surface area contributed by atoms with E-state index in [1.54, 1.807) is 7.11 Å². The number of rotatable bonds is 9. The molecule has 0 heterocycles. The highest BCUT2D eigenvalue weighted by atomic mass is 16.5. The Labute approximate surface area is 101 Å². The van der Waals surface area contributed by atoms with E-state index in [9.17, 15) is 0 Å².